The van der Waals surface area contributed by atoms with Crippen LogP contribution in [0.5, 0.6) is 0 Å². The third kappa shape index (κ3) is 7.29. The van der Waals surface area contributed by atoms with Gasteiger partial charge in [0.05, 0.1) is 21.7 Å². The average Bonchev–Trinajstić information content (AvgIpc) is 2.75. The van der Waals surface area contributed by atoms with Gasteiger partial charge in [-0.3, -0.25) is 14.6 Å². The van der Waals surface area contributed by atoms with Crippen LogP contribution in [-0.4, -0.2) is 33.1 Å². The molecule has 2 heterocycles. The van der Waals surface area contributed by atoms with E-state index in [-0.39, 0.29) is 21.8 Å². The number of aromatic nitrogens is 2. The van der Waals surface area contributed by atoms with Crippen molar-refractivity contribution in [2.75, 3.05) is 0 Å². The van der Waals surface area contributed by atoms with E-state index in [4.69, 9.17) is 33.1 Å². The summed E-state index contributed by atoms with van der Waals surface area (Å²) in [6.45, 7) is 0. The van der Waals surface area contributed by atoms with Crippen LogP contribution in [0.2, 0.25) is 10.0 Å². The van der Waals surface area contributed by atoms with E-state index in [1.165, 1.54) is 42.7 Å². The second-order valence-electron chi connectivity index (χ2n) is 6.19. The Morgan fingerprint density at radius 3 is 2.27 bits per heavy atom. The van der Waals surface area contributed by atoms with Crippen LogP contribution in [0.1, 0.15) is 27.7 Å². The van der Waals surface area contributed by atoms with Gasteiger partial charge in [-0.15, -0.1) is 0 Å². The van der Waals surface area contributed by atoms with Crippen molar-refractivity contribution in [1.29, 1.82) is 0 Å². The number of rotatable bonds is 4. The lowest BCUT2D eigenvalue weighted by Gasteiger charge is -2.20. The number of nitrogens with one attached hydrogen (secondary N) is 2. The smallest absolute Gasteiger partial charge is 0.475 e. The summed E-state index contributed by atoms with van der Waals surface area (Å²) in [5, 5.41) is 10.4. The number of hydrogen-bond acceptors (Lipinski definition) is 4. The Bertz CT molecular complexity index is 1200. The molecule has 7 nitrogen and oxygen atoms in total. The Morgan fingerprint density at radius 2 is 1.76 bits per heavy atom. The molecule has 13 heteroatoms. The Hall–Kier alpha value is -3.44. The average molecular weight is 506 g/mol. The van der Waals surface area contributed by atoms with Gasteiger partial charge in [0, 0.05) is 18.5 Å². The van der Waals surface area contributed by atoms with Gasteiger partial charge in [-0.2, -0.15) is 13.2 Å². The zero-order chi connectivity index (χ0) is 24.8. The molecule has 1 atom stereocenters. The number of hydrogen-bond donors (Lipinski definition) is 3. The van der Waals surface area contributed by atoms with E-state index < -0.39 is 29.9 Å². The van der Waals surface area contributed by atoms with Crippen molar-refractivity contribution in [2.24, 2.45) is 0 Å². The predicted octanol–water partition coefficient (Wildman–Crippen LogP) is 4.37. The van der Waals surface area contributed by atoms with Crippen LogP contribution >= 0.6 is 23.2 Å². The van der Waals surface area contributed by atoms with Crippen LogP contribution in [0.4, 0.5) is 17.6 Å². The van der Waals surface area contributed by atoms with E-state index in [1.54, 1.807) is 12.1 Å². The fourth-order valence-corrected chi connectivity index (χ4v) is 2.68. The highest BCUT2D eigenvalue weighted by Gasteiger charge is 2.38. The number of nitrogens with zero attached hydrogens (tertiary/aromatic N) is 1. The van der Waals surface area contributed by atoms with E-state index in [0.29, 0.717) is 10.6 Å². The summed E-state index contributed by atoms with van der Waals surface area (Å²) in [5.74, 6) is -3.85. The van der Waals surface area contributed by atoms with Gasteiger partial charge in [0.25, 0.3) is 5.91 Å². The quantitative estimate of drug-likeness (QED) is 0.456. The normalized spacial score (nSPS) is 11.7. The van der Waals surface area contributed by atoms with E-state index in [9.17, 15) is 27.2 Å². The first kappa shape index (κ1) is 25.8. The zero-order valence-corrected chi connectivity index (χ0v) is 17.7. The molecule has 0 aliphatic carbocycles. The highest BCUT2D eigenvalue weighted by Crippen LogP contribution is 2.29. The fourth-order valence-electron chi connectivity index (χ4n) is 2.38. The molecule has 33 heavy (non-hydrogen) atoms. The number of carbonyl (C=O) groups excluding carboxylic acids is 1. The van der Waals surface area contributed by atoms with Gasteiger partial charge in [0.15, 0.2) is 0 Å². The van der Waals surface area contributed by atoms with Gasteiger partial charge < -0.3 is 15.4 Å². The first-order chi connectivity index (χ1) is 15.4. The van der Waals surface area contributed by atoms with Gasteiger partial charge in [-0.1, -0.05) is 29.3 Å². The summed E-state index contributed by atoms with van der Waals surface area (Å²) in [6, 6.07) is 9.12. The minimum absolute atomic E-state index is 0.0312. The Morgan fingerprint density at radius 1 is 1.09 bits per heavy atom. The number of carbonyl (C=O) groups is 2. The molecule has 3 aromatic rings. The van der Waals surface area contributed by atoms with Gasteiger partial charge in [0.1, 0.15) is 11.5 Å². The number of benzene rings is 1. The molecule has 1 amide bonds. The first-order valence-corrected chi connectivity index (χ1v) is 9.51. The first-order valence-electron chi connectivity index (χ1n) is 8.75. The number of halogens is 6. The number of H-pyrrole nitrogens is 1. The van der Waals surface area contributed by atoms with Crippen molar-refractivity contribution in [2.45, 2.75) is 12.2 Å². The summed E-state index contributed by atoms with van der Waals surface area (Å²) in [6.07, 6.45) is -2.38. The van der Waals surface area contributed by atoms with Crippen LogP contribution in [0.25, 0.3) is 0 Å². The maximum absolute atomic E-state index is 14.3. The van der Waals surface area contributed by atoms with Gasteiger partial charge >= 0.3 is 12.1 Å². The number of pyridine rings is 2. The topological polar surface area (TPSA) is 112 Å². The van der Waals surface area contributed by atoms with Crippen molar-refractivity contribution >= 4 is 35.1 Å². The minimum Gasteiger partial charge on any atom is -0.475 e. The number of carboxylic acid groups (broad SMARTS) is 1. The number of aromatic amines is 1. The molecule has 174 valence electrons. The molecule has 0 fully saturated rings. The summed E-state index contributed by atoms with van der Waals surface area (Å²) >= 11 is 12.0. The lowest BCUT2D eigenvalue weighted by molar-refractivity contribution is -0.192. The second-order valence-corrected chi connectivity index (χ2v) is 7.01. The molecular weight excluding hydrogens is 493 g/mol. The van der Waals surface area contributed by atoms with Gasteiger partial charge in [0.2, 0.25) is 5.56 Å². The SMILES string of the molecule is O=C(NC(c1ccc(Cl)c(Cl)c1)c1ncccc1F)c1ccc(=O)[nH]c1.O=C(O)C(F)(F)F. The molecule has 0 aliphatic heterocycles. The summed E-state index contributed by atoms with van der Waals surface area (Å²) < 4.78 is 46.0. The van der Waals surface area contributed by atoms with Gasteiger partial charge in [-0.05, 0) is 35.9 Å². The van der Waals surface area contributed by atoms with Crippen molar-refractivity contribution in [3.8, 4) is 0 Å². The predicted molar refractivity (Wildman–Crippen MR) is 111 cm³/mol. The minimum atomic E-state index is -5.08. The highest BCUT2D eigenvalue weighted by molar-refractivity contribution is 6.42. The highest BCUT2D eigenvalue weighted by atomic mass is 35.5. The van der Waals surface area contributed by atoms with E-state index in [1.807, 2.05) is 0 Å². The largest absolute Gasteiger partial charge is 0.490 e. The maximum Gasteiger partial charge on any atom is 0.490 e. The monoisotopic (exact) mass is 505 g/mol. The molecule has 0 aliphatic rings. The molecule has 0 spiro atoms. The zero-order valence-electron chi connectivity index (χ0n) is 16.2. The number of amides is 1. The van der Waals surface area contributed by atoms with Gasteiger partial charge in [-0.25, -0.2) is 9.18 Å². The van der Waals surface area contributed by atoms with E-state index in [0.717, 1.165) is 0 Å². The van der Waals surface area contributed by atoms with Crippen molar-refractivity contribution < 1.29 is 32.3 Å². The van der Waals surface area contributed by atoms with Crippen LogP contribution in [-0.2, 0) is 4.79 Å². The van der Waals surface area contributed by atoms with Crippen LogP contribution in [0, 0.1) is 5.82 Å². The van der Waals surface area contributed by atoms with Crippen LogP contribution < -0.4 is 10.9 Å². The third-order valence-corrected chi connectivity index (χ3v) is 4.64. The lowest BCUT2D eigenvalue weighted by Crippen LogP contribution is -2.31. The Balaban J connectivity index is 0.000000479. The van der Waals surface area contributed by atoms with E-state index >= 15 is 0 Å². The molecule has 0 saturated heterocycles. The molecule has 3 N–H and O–H groups in total. The second kappa shape index (κ2) is 10.9. The maximum atomic E-state index is 14.3. The summed E-state index contributed by atoms with van der Waals surface area (Å²) in [5.41, 5.74) is 0.419. The fraction of sp³-hybridized carbons (Fsp3) is 0.100. The molecule has 2 aromatic heterocycles. The van der Waals surface area contributed by atoms with Crippen molar-refractivity contribution in [1.82, 2.24) is 15.3 Å². The number of alkyl halides is 3. The van der Waals surface area contributed by atoms with Crippen LogP contribution in [0.15, 0.2) is 59.7 Å². The van der Waals surface area contributed by atoms with Crippen molar-refractivity contribution in [3.05, 3.63) is 97.9 Å². The molecule has 3 rings (SSSR count). The standard InChI is InChI=1S/C18H12Cl2FN3O2.C2HF3O2/c19-12-5-3-10(8-13(12)20)16(17-14(21)2-1-7-22-17)24-18(26)11-4-6-15(25)23-9-11;3-2(4,5)1(6)7/h1-9,16H,(H,23,25)(H,24,26);(H,6,7). The molecule has 0 saturated carbocycles. The molecule has 0 bridgehead atoms. The summed E-state index contributed by atoms with van der Waals surface area (Å²) in [7, 11) is 0. The number of aliphatic carboxylic acids is 1. The summed E-state index contributed by atoms with van der Waals surface area (Å²) in [4.78, 5) is 39.0. The van der Waals surface area contributed by atoms with Crippen LogP contribution in [0.3, 0.4) is 0 Å². The Labute approximate surface area is 193 Å². The third-order valence-electron chi connectivity index (χ3n) is 3.90. The molecule has 0 radical (unpaired) electrons. The Kier molecular flexibility index (Phi) is 8.55. The lowest BCUT2D eigenvalue weighted by atomic mass is 10.0. The number of carboxylic acids is 1. The van der Waals surface area contributed by atoms with Crippen molar-refractivity contribution in [3.63, 3.8) is 0 Å². The van der Waals surface area contributed by atoms with E-state index in [2.05, 4.69) is 15.3 Å². The molecule has 1 unspecified atom stereocenters. The molecular formula is C20H13Cl2F4N3O4. The molecule has 1 aromatic carbocycles.